The van der Waals surface area contributed by atoms with Crippen LogP contribution in [0, 0.1) is 0 Å². The minimum atomic E-state index is -0.604. The lowest BCUT2D eigenvalue weighted by molar-refractivity contribution is 0.471. The average Bonchev–Trinajstić information content (AvgIpc) is 3.07. The van der Waals surface area contributed by atoms with Crippen molar-refractivity contribution in [3.05, 3.63) is 81.8 Å². The van der Waals surface area contributed by atoms with Crippen LogP contribution in [0.15, 0.2) is 70.5 Å². The predicted octanol–water partition coefficient (Wildman–Crippen LogP) is 1.57. The number of imidazole rings is 1. The molecule has 0 spiro atoms. The summed E-state index contributed by atoms with van der Waals surface area (Å²) in [5.41, 5.74) is -0.0597. The zero-order chi connectivity index (χ0) is 16.7. The number of fused-ring (bicyclic) bond motifs is 1. The van der Waals surface area contributed by atoms with Crippen LogP contribution in [0.1, 0.15) is 0 Å². The highest BCUT2D eigenvalue weighted by atomic mass is 16.3. The van der Waals surface area contributed by atoms with Crippen LogP contribution in [-0.4, -0.2) is 24.2 Å². The summed E-state index contributed by atoms with van der Waals surface area (Å²) in [4.78, 5) is 32.6. The SMILES string of the molecule is O=c1c2[nH]cnc2n(-c2ccccc2)c(=O)n1-c1ccccc1O. The molecular formula is C17H12N4O3. The molecule has 2 aromatic heterocycles. The summed E-state index contributed by atoms with van der Waals surface area (Å²) < 4.78 is 2.27. The monoisotopic (exact) mass is 320 g/mol. The van der Waals surface area contributed by atoms with Crippen LogP contribution in [0.2, 0.25) is 0 Å². The fraction of sp³-hybridized carbons (Fsp3) is 0. The van der Waals surface area contributed by atoms with E-state index < -0.39 is 11.2 Å². The van der Waals surface area contributed by atoms with Gasteiger partial charge in [0.2, 0.25) is 0 Å². The van der Waals surface area contributed by atoms with E-state index in [1.54, 1.807) is 36.4 Å². The highest BCUT2D eigenvalue weighted by Crippen LogP contribution is 2.19. The van der Waals surface area contributed by atoms with E-state index in [1.807, 2.05) is 6.07 Å². The number of para-hydroxylation sites is 3. The number of hydrogen-bond acceptors (Lipinski definition) is 4. The Balaban J connectivity index is 2.19. The second kappa shape index (κ2) is 5.24. The van der Waals surface area contributed by atoms with Gasteiger partial charge in [0.05, 0.1) is 17.7 Å². The summed E-state index contributed by atoms with van der Waals surface area (Å²) in [6.07, 6.45) is 1.36. The smallest absolute Gasteiger partial charge is 0.342 e. The second-order valence-corrected chi connectivity index (χ2v) is 5.18. The number of H-pyrrole nitrogens is 1. The zero-order valence-electron chi connectivity index (χ0n) is 12.4. The number of aromatic hydroxyl groups is 1. The van der Waals surface area contributed by atoms with Crippen molar-refractivity contribution in [2.45, 2.75) is 0 Å². The van der Waals surface area contributed by atoms with E-state index in [0.717, 1.165) is 4.57 Å². The van der Waals surface area contributed by atoms with Gasteiger partial charge in [-0.05, 0) is 24.3 Å². The van der Waals surface area contributed by atoms with Crippen molar-refractivity contribution in [2.24, 2.45) is 0 Å². The number of hydrogen-bond donors (Lipinski definition) is 2. The Morgan fingerprint density at radius 2 is 1.62 bits per heavy atom. The molecule has 0 atom stereocenters. The predicted molar refractivity (Wildman–Crippen MR) is 89.0 cm³/mol. The van der Waals surface area contributed by atoms with E-state index in [0.29, 0.717) is 5.69 Å². The van der Waals surface area contributed by atoms with Crippen molar-refractivity contribution >= 4 is 11.2 Å². The first-order chi connectivity index (χ1) is 11.7. The Bertz CT molecular complexity index is 1160. The molecule has 4 aromatic rings. The molecule has 0 amide bonds. The third-order valence-electron chi connectivity index (χ3n) is 3.77. The van der Waals surface area contributed by atoms with Crippen LogP contribution in [0.5, 0.6) is 5.75 Å². The highest BCUT2D eigenvalue weighted by molar-refractivity contribution is 5.72. The number of rotatable bonds is 2. The molecule has 2 N–H and O–H groups in total. The largest absolute Gasteiger partial charge is 0.506 e. The molecule has 0 aliphatic carbocycles. The zero-order valence-corrected chi connectivity index (χ0v) is 12.4. The van der Waals surface area contributed by atoms with E-state index in [9.17, 15) is 14.7 Å². The minimum absolute atomic E-state index is 0.119. The third kappa shape index (κ3) is 1.95. The summed E-state index contributed by atoms with van der Waals surface area (Å²) >= 11 is 0. The first-order valence-electron chi connectivity index (χ1n) is 7.23. The topological polar surface area (TPSA) is 92.9 Å². The van der Waals surface area contributed by atoms with E-state index in [-0.39, 0.29) is 22.6 Å². The van der Waals surface area contributed by atoms with Crippen LogP contribution < -0.4 is 11.2 Å². The highest BCUT2D eigenvalue weighted by Gasteiger charge is 2.18. The minimum Gasteiger partial charge on any atom is -0.506 e. The quantitative estimate of drug-likeness (QED) is 0.586. The van der Waals surface area contributed by atoms with Crippen molar-refractivity contribution in [3.8, 4) is 17.1 Å². The molecular weight excluding hydrogens is 308 g/mol. The number of benzene rings is 2. The molecule has 24 heavy (non-hydrogen) atoms. The van der Waals surface area contributed by atoms with Crippen molar-refractivity contribution in [1.29, 1.82) is 0 Å². The van der Waals surface area contributed by atoms with Crippen molar-refractivity contribution < 1.29 is 5.11 Å². The molecule has 118 valence electrons. The summed E-state index contributed by atoms with van der Waals surface area (Å²) in [5, 5.41) is 10.1. The van der Waals surface area contributed by atoms with Gasteiger partial charge in [0.25, 0.3) is 5.56 Å². The van der Waals surface area contributed by atoms with Crippen molar-refractivity contribution in [2.75, 3.05) is 0 Å². The number of phenolic OH excluding ortho intramolecular Hbond substituents is 1. The number of phenols is 1. The van der Waals surface area contributed by atoms with Gasteiger partial charge in [-0.1, -0.05) is 30.3 Å². The van der Waals surface area contributed by atoms with Crippen molar-refractivity contribution in [3.63, 3.8) is 0 Å². The van der Waals surface area contributed by atoms with Gasteiger partial charge in [-0.3, -0.25) is 4.79 Å². The molecule has 0 aliphatic heterocycles. The molecule has 2 heterocycles. The first kappa shape index (κ1) is 14.0. The molecule has 7 heteroatoms. The van der Waals surface area contributed by atoms with Gasteiger partial charge < -0.3 is 10.1 Å². The van der Waals surface area contributed by atoms with Gasteiger partial charge in [-0.2, -0.15) is 0 Å². The standard InChI is InChI=1S/C17H12N4O3/c22-13-9-5-4-8-12(13)21-16(23)14-15(19-10-18-14)20(17(21)24)11-6-2-1-3-7-11/h1-10,22H,(H,18,19). The van der Waals surface area contributed by atoms with Crippen LogP contribution in [0.25, 0.3) is 22.5 Å². The van der Waals surface area contributed by atoms with Crippen LogP contribution >= 0.6 is 0 Å². The Labute approximate surface area is 135 Å². The maximum atomic E-state index is 13.0. The number of aromatic nitrogens is 4. The molecule has 7 nitrogen and oxygen atoms in total. The van der Waals surface area contributed by atoms with E-state index in [1.165, 1.54) is 23.0 Å². The van der Waals surface area contributed by atoms with Gasteiger partial charge in [0, 0.05) is 0 Å². The van der Waals surface area contributed by atoms with Gasteiger partial charge in [-0.15, -0.1) is 0 Å². The maximum Gasteiger partial charge on any atom is 0.342 e. The Kier molecular flexibility index (Phi) is 3.06. The van der Waals surface area contributed by atoms with Gasteiger partial charge in [-0.25, -0.2) is 18.9 Å². The van der Waals surface area contributed by atoms with Crippen molar-refractivity contribution in [1.82, 2.24) is 19.1 Å². The van der Waals surface area contributed by atoms with Crippen LogP contribution in [0.4, 0.5) is 0 Å². The second-order valence-electron chi connectivity index (χ2n) is 5.18. The number of aromatic amines is 1. The fourth-order valence-electron chi connectivity index (χ4n) is 2.68. The Morgan fingerprint density at radius 1 is 0.917 bits per heavy atom. The summed E-state index contributed by atoms with van der Waals surface area (Å²) in [6, 6.07) is 15.1. The van der Waals surface area contributed by atoms with Crippen LogP contribution in [-0.2, 0) is 0 Å². The lowest BCUT2D eigenvalue weighted by atomic mass is 10.3. The van der Waals surface area contributed by atoms with Gasteiger partial charge >= 0.3 is 5.69 Å². The molecule has 0 saturated carbocycles. The number of nitrogens with one attached hydrogen (secondary N) is 1. The first-order valence-corrected chi connectivity index (χ1v) is 7.23. The van der Waals surface area contributed by atoms with Gasteiger partial charge in [0.15, 0.2) is 11.2 Å². The Morgan fingerprint density at radius 3 is 2.38 bits per heavy atom. The molecule has 0 fully saturated rings. The maximum absolute atomic E-state index is 13.0. The van der Waals surface area contributed by atoms with E-state index in [4.69, 9.17) is 0 Å². The lowest BCUT2D eigenvalue weighted by Crippen LogP contribution is -2.38. The number of nitrogens with zero attached hydrogens (tertiary/aromatic N) is 3. The van der Waals surface area contributed by atoms with Crippen LogP contribution in [0.3, 0.4) is 0 Å². The molecule has 0 unspecified atom stereocenters. The molecule has 4 rings (SSSR count). The third-order valence-corrected chi connectivity index (χ3v) is 3.77. The molecule has 2 aromatic carbocycles. The van der Waals surface area contributed by atoms with Gasteiger partial charge in [0.1, 0.15) is 5.75 Å². The normalized spacial score (nSPS) is 11.0. The summed E-state index contributed by atoms with van der Waals surface area (Å²) in [6.45, 7) is 0. The molecule has 0 radical (unpaired) electrons. The molecule has 0 bridgehead atoms. The Hall–Kier alpha value is -3.61. The summed E-state index contributed by atoms with van der Waals surface area (Å²) in [7, 11) is 0. The summed E-state index contributed by atoms with van der Waals surface area (Å²) in [5.74, 6) is -0.157. The lowest BCUT2D eigenvalue weighted by Gasteiger charge is -2.12. The fourth-order valence-corrected chi connectivity index (χ4v) is 2.68. The van der Waals surface area contributed by atoms with E-state index in [2.05, 4.69) is 9.97 Å². The molecule has 0 aliphatic rings. The average molecular weight is 320 g/mol. The molecule has 0 saturated heterocycles. The van der Waals surface area contributed by atoms with E-state index >= 15 is 0 Å².